The van der Waals surface area contributed by atoms with Crippen LogP contribution < -0.4 is 16.8 Å². The van der Waals surface area contributed by atoms with Gasteiger partial charge in [-0.25, -0.2) is 4.98 Å². The molecule has 2 aromatic rings. The smallest absolute Gasteiger partial charge is 0.276 e. The Bertz CT molecular complexity index is 688. The van der Waals surface area contributed by atoms with Crippen LogP contribution in [0, 0.1) is 0 Å². The molecule has 20 heavy (non-hydrogen) atoms. The molecule has 0 fully saturated rings. The monoisotopic (exact) mass is 290 g/mol. The molecule has 102 valence electrons. The van der Waals surface area contributed by atoms with Crippen molar-refractivity contribution in [3.05, 3.63) is 52.8 Å². The van der Waals surface area contributed by atoms with E-state index in [-0.39, 0.29) is 22.0 Å². The summed E-state index contributed by atoms with van der Waals surface area (Å²) in [7, 11) is 0. The van der Waals surface area contributed by atoms with Gasteiger partial charge in [0.15, 0.2) is 5.69 Å². The Morgan fingerprint density at radius 1 is 1.25 bits per heavy atom. The average molecular weight is 291 g/mol. The number of hydrogen-bond acceptors (Lipinski definition) is 4. The first kappa shape index (κ1) is 13.8. The fourth-order valence-electron chi connectivity index (χ4n) is 1.59. The summed E-state index contributed by atoms with van der Waals surface area (Å²) < 4.78 is 0. The van der Waals surface area contributed by atoms with Gasteiger partial charge in [0, 0.05) is 11.9 Å². The Morgan fingerprint density at radius 3 is 2.60 bits per heavy atom. The Balaban J connectivity index is 2.23. The molecule has 0 saturated heterocycles. The van der Waals surface area contributed by atoms with Crippen molar-refractivity contribution in [2.75, 3.05) is 11.1 Å². The highest BCUT2D eigenvalue weighted by Gasteiger charge is 2.13. The van der Waals surface area contributed by atoms with Gasteiger partial charge in [-0.1, -0.05) is 11.6 Å². The van der Waals surface area contributed by atoms with Crippen molar-refractivity contribution in [1.82, 2.24) is 4.98 Å². The SMILES string of the molecule is NC(=O)c1ccc(NC(=O)c2ncccc2N)cc1Cl. The lowest BCUT2D eigenvalue weighted by Gasteiger charge is -2.08. The molecule has 2 amide bonds. The number of pyridine rings is 1. The third kappa shape index (κ3) is 2.86. The molecule has 0 unspecified atom stereocenters. The molecule has 1 heterocycles. The molecule has 0 aliphatic rings. The van der Waals surface area contributed by atoms with Gasteiger partial charge in [-0.15, -0.1) is 0 Å². The van der Waals surface area contributed by atoms with Gasteiger partial charge < -0.3 is 16.8 Å². The highest BCUT2D eigenvalue weighted by molar-refractivity contribution is 6.34. The number of nitrogens with one attached hydrogen (secondary N) is 1. The molecular formula is C13H11ClN4O2. The summed E-state index contributed by atoms with van der Waals surface area (Å²) in [6.45, 7) is 0. The van der Waals surface area contributed by atoms with Crippen molar-refractivity contribution in [2.24, 2.45) is 5.73 Å². The van der Waals surface area contributed by atoms with Crippen LogP contribution in [0.4, 0.5) is 11.4 Å². The molecule has 0 bridgehead atoms. The van der Waals surface area contributed by atoms with Gasteiger partial charge in [-0.2, -0.15) is 0 Å². The number of primary amides is 1. The van der Waals surface area contributed by atoms with Gasteiger partial charge in [0.2, 0.25) is 5.91 Å². The summed E-state index contributed by atoms with van der Waals surface area (Å²) in [5.41, 5.74) is 11.8. The Kier molecular flexibility index (Phi) is 3.86. The van der Waals surface area contributed by atoms with E-state index < -0.39 is 11.8 Å². The van der Waals surface area contributed by atoms with E-state index >= 15 is 0 Å². The molecule has 2 rings (SSSR count). The number of rotatable bonds is 3. The van der Waals surface area contributed by atoms with Crippen LogP contribution in [0.5, 0.6) is 0 Å². The topological polar surface area (TPSA) is 111 Å². The van der Waals surface area contributed by atoms with E-state index in [1.165, 1.54) is 24.4 Å². The second-order valence-corrected chi connectivity index (χ2v) is 4.36. The number of nitrogens with zero attached hydrogens (tertiary/aromatic N) is 1. The lowest BCUT2D eigenvalue weighted by molar-refractivity contribution is 0.0998. The summed E-state index contributed by atoms with van der Waals surface area (Å²) in [5, 5.41) is 2.74. The number of benzene rings is 1. The van der Waals surface area contributed by atoms with Crippen LogP contribution in [-0.2, 0) is 0 Å². The predicted octanol–water partition coefficient (Wildman–Crippen LogP) is 1.67. The maximum absolute atomic E-state index is 12.0. The molecule has 0 atom stereocenters. The fourth-order valence-corrected chi connectivity index (χ4v) is 1.86. The molecule has 0 spiro atoms. The predicted molar refractivity (Wildman–Crippen MR) is 76.6 cm³/mol. The molecule has 0 saturated carbocycles. The van der Waals surface area contributed by atoms with E-state index in [2.05, 4.69) is 10.3 Å². The number of carbonyl (C=O) groups is 2. The second-order valence-electron chi connectivity index (χ2n) is 3.95. The standard InChI is InChI=1S/C13H11ClN4O2/c14-9-6-7(3-4-8(9)12(16)19)18-13(20)11-10(15)2-1-5-17-11/h1-6H,15H2,(H2,16,19)(H,18,20). The molecule has 7 heteroatoms. The van der Waals surface area contributed by atoms with Crippen LogP contribution in [0.15, 0.2) is 36.5 Å². The van der Waals surface area contributed by atoms with Crippen LogP contribution in [-0.4, -0.2) is 16.8 Å². The van der Waals surface area contributed by atoms with Crippen LogP contribution in [0.1, 0.15) is 20.8 Å². The Morgan fingerprint density at radius 2 is 2.00 bits per heavy atom. The first-order valence-corrected chi connectivity index (χ1v) is 5.98. The molecule has 0 aliphatic carbocycles. The summed E-state index contributed by atoms with van der Waals surface area (Å²) in [5.74, 6) is -1.10. The second kappa shape index (κ2) is 5.58. The molecule has 6 nitrogen and oxygen atoms in total. The fraction of sp³-hybridized carbons (Fsp3) is 0. The minimum atomic E-state index is -0.637. The van der Waals surface area contributed by atoms with Gasteiger partial charge >= 0.3 is 0 Å². The van der Waals surface area contributed by atoms with Gasteiger partial charge in [0.25, 0.3) is 5.91 Å². The maximum Gasteiger partial charge on any atom is 0.276 e. The average Bonchev–Trinajstić information content (AvgIpc) is 2.38. The van der Waals surface area contributed by atoms with E-state index in [1.807, 2.05) is 0 Å². The number of amides is 2. The number of hydrogen-bond donors (Lipinski definition) is 3. The largest absolute Gasteiger partial charge is 0.397 e. The van der Waals surface area contributed by atoms with Crippen molar-refractivity contribution in [3.8, 4) is 0 Å². The normalized spacial score (nSPS) is 10.1. The van der Waals surface area contributed by atoms with Crippen molar-refractivity contribution in [1.29, 1.82) is 0 Å². The molecule has 0 aliphatic heterocycles. The van der Waals surface area contributed by atoms with Crippen LogP contribution in [0.2, 0.25) is 5.02 Å². The van der Waals surface area contributed by atoms with Crippen molar-refractivity contribution < 1.29 is 9.59 Å². The third-order valence-electron chi connectivity index (χ3n) is 2.55. The first-order chi connectivity index (χ1) is 9.49. The summed E-state index contributed by atoms with van der Waals surface area (Å²) >= 11 is 5.89. The van der Waals surface area contributed by atoms with Crippen molar-refractivity contribution in [3.63, 3.8) is 0 Å². The van der Waals surface area contributed by atoms with E-state index in [9.17, 15) is 9.59 Å². The molecule has 5 N–H and O–H groups in total. The van der Waals surface area contributed by atoms with E-state index in [1.54, 1.807) is 12.1 Å². The van der Waals surface area contributed by atoms with E-state index in [0.717, 1.165) is 0 Å². The summed E-state index contributed by atoms with van der Waals surface area (Å²) in [4.78, 5) is 26.9. The number of nitrogens with two attached hydrogens (primary N) is 2. The maximum atomic E-state index is 12.0. The summed E-state index contributed by atoms with van der Waals surface area (Å²) in [6.07, 6.45) is 1.47. The van der Waals surface area contributed by atoms with Crippen LogP contribution in [0.3, 0.4) is 0 Å². The minimum absolute atomic E-state index is 0.114. The molecular weight excluding hydrogens is 280 g/mol. The zero-order chi connectivity index (χ0) is 14.7. The van der Waals surface area contributed by atoms with Crippen LogP contribution in [0.25, 0.3) is 0 Å². The van der Waals surface area contributed by atoms with Gasteiger partial charge in [0.05, 0.1) is 16.3 Å². The quantitative estimate of drug-likeness (QED) is 0.798. The van der Waals surface area contributed by atoms with Crippen molar-refractivity contribution in [2.45, 2.75) is 0 Å². The zero-order valence-electron chi connectivity index (χ0n) is 10.3. The number of anilines is 2. The number of nitrogen functional groups attached to an aromatic ring is 1. The van der Waals surface area contributed by atoms with Gasteiger partial charge in [-0.3, -0.25) is 9.59 Å². The third-order valence-corrected chi connectivity index (χ3v) is 2.86. The van der Waals surface area contributed by atoms with Gasteiger partial charge in [-0.05, 0) is 30.3 Å². The minimum Gasteiger partial charge on any atom is -0.397 e. The first-order valence-electron chi connectivity index (χ1n) is 5.60. The number of aromatic nitrogens is 1. The Hall–Kier alpha value is -2.60. The zero-order valence-corrected chi connectivity index (χ0v) is 11.0. The highest BCUT2D eigenvalue weighted by Crippen LogP contribution is 2.21. The molecule has 0 radical (unpaired) electrons. The number of carbonyl (C=O) groups excluding carboxylic acids is 2. The highest BCUT2D eigenvalue weighted by atomic mass is 35.5. The molecule has 1 aromatic carbocycles. The van der Waals surface area contributed by atoms with Crippen molar-refractivity contribution >= 4 is 34.8 Å². The van der Waals surface area contributed by atoms with Crippen LogP contribution >= 0.6 is 11.6 Å². The lowest BCUT2D eigenvalue weighted by atomic mass is 10.2. The van der Waals surface area contributed by atoms with E-state index in [4.69, 9.17) is 23.1 Å². The Labute approximate surface area is 119 Å². The lowest BCUT2D eigenvalue weighted by Crippen LogP contribution is -2.16. The van der Waals surface area contributed by atoms with Gasteiger partial charge in [0.1, 0.15) is 0 Å². The number of halogens is 1. The van der Waals surface area contributed by atoms with E-state index in [0.29, 0.717) is 5.69 Å². The molecule has 1 aromatic heterocycles. The summed E-state index contributed by atoms with van der Waals surface area (Å²) in [6, 6.07) is 7.58.